The topological polar surface area (TPSA) is 65.8 Å². The van der Waals surface area contributed by atoms with Crippen LogP contribution in [0.5, 0.6) is 17.4 Å². The van der Waals surface area contributed by atoms with Gasteiger partial charge in [0.15, 0.2) is 11.5 Å². The van der Waals surface area contributed by atoms with E-state index in [1.807, 2.05) is 43.3 Å². The average molecular weight is 470 g/mol. The highest BCUT2D eigenvalue weighted by atomic mass is 35.5. The van der Waals surface area contributed by atoms with E-state index < -0.39 is 0 Å². The number of aromatic nitrogens is 2. The van der Waals surface area contributed by atoms with E-state index >= 15 is 0 Å². The fourth-order valence-electron chi connectivity index (χ4n) is 3.92. The second kappa shape index (κ2) is 10.3. The monoisotopic (exact) mass is 469 g/mol. The minimum Gasteiger partial charge on any atom is -0.493 e. The molecule has 3 aromatic rings. The molecule has 8 heteroatoms. The molecule has 1 atom stereocenters. The first-order valence-electron chi connectivity index (χ1n) is 11.0. The number of halogens is 1. The van der Waals surface area contributed by atoms with Crippen molar-refractivity contribution in [1.82, 2.24) is 14.7 Å². The molecule has 0 spiro atoms. The van der Waals surface area contributed by atoms with Gasteiger partial charge in [0.25, 0.3) is 0 Å². The number of carbonyl (C=O) groups excluding carboxylic acids is 1. The van der Waals surface area contributed by atoms with E-state index in [9.17, 15) is 4.79 Å². The maximum absolute atomic E-state index is 12.5. The van der Waals surface area contributed by atoms with Gasteiger partial charge in [-0.25, -0.2) is 4.68 Å². The molecule has 0 saturated carbocycles. The van der Waals surface area contributed by atoms with Crippen LogP contribution >= 0.6 is 11.6 Å². The molecule has 4 rings (SSSR count). The van der Waals surface area contributed by atoms with E-state index in [1.54, 1.807) is 35.7 Å². The number of hydrogen-bond donors (Lipinski definition) is 0. The third-order valence-electron chi connectivity index (χ3n) is 5.73. The van der Waals surface area contributed by atoms with Crippen LogP contribution in [-0.4, -0.2) is 47.0 Å². The van der Waals surface area contributed by atoms with Gasteiger partial charge in [0.1, 0.15) is 0 Å². The number of nitrogens with zero attached hydrogens (tertiary/aromatic N) is 3. The summed E-state index contributed by atoms with van der Waals surface area (Å²) < 4.78 is 19.4. The molecular formula is C25H28ClN3O4. The number of aryl methyl sites for hydroxylation is 1. The van der Waals surface area contributed by atoms with Gasteiger partial charge in [-0.2, -0.15) is 5.10 Å². The number of methoxy groups -OCH3 is 1. The Morgan fingerprint density at radius 1 is 1.21 bits per heavy atom. The Balaban J connectivity index is 1.74. The van der Waals surface area contributed by atoms with Gasteiger partial charge in [-0.3, -0.25) is 4.79 Å². The quantitative estimate of drug-likeness (QED) is 0.455. The van der Waals surface area contributed by atoms with Crippen LogP contribution in [0.15, 0.2) is 48.5 Å². The van der Waals surface area contributed by atoms with Crippen molar-refractivity contribution in [2.75, 3.05) is 20.3 Å². The number of amides is 1. The van der Waals surface area contributed by atoms with Crippen molar-refractivity contribution in [1.29, 1.82) is 0 Å². The highest BCUT2D eigenvalue weighted by molar-refractivity contribution is 6.30. The summed E-state index contributed by atoms with van der Waals surface area (Å²) in [5.74, 6) is 1.67. The smallest absolute Gasteiger partial charge is 0.228 e. The van der Waals surface area contributed by atoms with Crippen LogP contribution in [0.25, 0.3) is 5.69 Å². The summed E-state index contributed by atoms with van der Waals surface area (Å²) >= 11 is 6.10. The number of ether oxygens (including phenoxy) is 3. The zero-order valence-corrected chi connectivity index (χ0v) is 19.8. The van der Waals surface area contributed by atoms with E-state index in [2.05, 4.69) is 0 Å². The van der Waals surface area contributed by atoms with Crippen LogP contribution in [0.4, 0.5) is 0 Å². The summed E-state index contributed by atoms with van der Waals surface area (Å²) in [5.41, 5.74) is 2.39. The zero-order chi connectivity index (χ0) is 23.4. The first-order valence-corrected chi connectivity index (χ1v) is 11.4. The van der Waals surface area contributed by atoms with Gasteiger partial charge in [0.05, 0.1) is 36.7 Å². The molecule has 0 radical (unpaired) electrons. The van der Waals surface area contributed by atoms with Gasteiger partial charge < -0.3 is 19.1 Å². The normalized spacial score (nSPS) is 15.5. The summed E-state index contributed by atoms with van der Waals surface area (Å²) in [4.78, 5) is 14.3. The van der Waals surface area contributed by atoms with Crippen LogP contribution in [0, 0.1) is 6.92 Å². The highest BCUT2D eigenvalue weighted by Crippen LogP contribution is 2.36. The minimum absolute atomic E-state index is 0.0209. The van der Waals surface area contributed by atoms with E-state index in [1.165, 1.54) is 0 Å². The van der Waals surface area contributed by atoms with Crippen LogP contribution in [0.1, 0.15) is 31.0 Å². The molecule has 1 aliphatic heterocycles. The van der Waals surface area contributed by atoms with Crippen LogP contribution in [0.3, 0.4) is 0 Å². The van der Waals surface area contributed by atoms with Crippen molar-refractivity contribution in [3.05, 3.63) is 64.8 Å². The molecule has 33 heavy (non-hydrogen) atoms. The third-order valence-corrected chi connectivity index (χ3v) is 5.98. The molecule has 0 unspecified atom stereocenters. The largest absolute Gasteiger partial charge is 0.493 e. The van der Waals surface area contributed by atoms with Crippen molar-refractivity contribution in [3.63, 3.8) is 0 Å². The Morgan fingerprint density at radius 2 is 1.94 bits per heavy atom. The summed E-state index contributed by atoms with van der Waals surface area (Å²) in [6.45, 7) is 5.13. The SMILES string of the molecule is COc1ccccc1Oc1c(CN(C[C@@H]2CCCO2)C(C)=O)c(C)nn1-c1ccc(Cl)cc1. The van der Waals surface area contributed by atoms with Gasteiger partial charge in [-0.15, -0.1) is 0 Å². The van der Waals surface area contributed by atoms with Crippen LogP contribution in [0.2, 0.25) is 5.02 Å². The maximum Gasteiger partial charge on any atom is 0.228 e. The maximum atomic E-state index is 12.5. The predicted octanol–water partition coefficient (Wildman–Crippen LogP) is 5.16. The van der Waals surface area contributed by atoms with Crippen molar-refractivity contribution in [2.24, 2.45) is 0 Å². The van der Waals surface area contributed by atoms with E-state index in [4.69, 9.17) is 30.9 Å². The first kappa shape index (κ1) is 23.1. The van der Waals surface area contributed by atoms with Crippen molar-refractivity contribution in [2.45, 2.75) is 39.3 Å². The lowest BCUT2D eigenvalue weighted by atomic mass is 10.2. The van der Waals surface area contributed by atoms with Gasteiger partial charge in [0, 0.05) is 25.1 Å². The summed E-state index contributed by atoms with van der Waals surface area (Å²) in [7, 11) is 1.60. The Bertz CT molecular complexity index is 1110. The minimum atomic E-state index is -0.0209. The van der Waals surface area contributed by atoms with Gasteiger partial charge in [-0.05, 0) is 56.2 Å². The summed E-state index contributed by atoms with van der Waals surface area (Å²) in [6.07, 6.45) is 2.03. The first-order chi connectivity index (χ1) is 16.0. The molecule has 1 saturated heterocycles. The number of carbonyl (C=O) groups is 1. The molecule has 1 amide bonds. The van der Waals surface area contributed by atoms with Crippen LogP contribution < -0.4 is 9.47 Å². The Kier molecular flexibility index (Phi) is 7.20. The molecule has 1 aliphatic rings. The molecule has 1 fully saturated rings. The summed E-state index contributed by atoms with van der Waals surface area (Å²) in [5, 5.41) is 5.38. The van der Waals surface area contributed by atoms with Crippen LogP contribution in [-0.2, 0) is 16.1 Å². The molecule has 1 aromatic heterocycles. The standard InChI is InChI=1S/C25H28ClN3O4/c1-17-22(16-28(18(2)30)15-21-7-6-14-32-21)25(33-24-9-5-4-8-23(24)31-3)29(27-17)20-12-10-19(26)11-13-20/h4-5,8-13,21H,6-7,14-16H2,1-3H3/t21-/m0/s1. The van der Waals surface area contributed by atoms with Crippen molar-refractivity contribution >= 4 is 17.5 Å². The molecule has 2 aromatic carbocycles. The molecule has 174 valence electrons. The molecule has 7 nitrogen and oxygen atoms in total. The Morgan fingerprint density at radius 3 is 2.58 bits per heavy atom. The molecule has 0 N–H and O–H groups in total. The van der Waals surface area contributed by atoms with E-state index in [0.717, 1.165) is 36.4 Å². The average Bonchev–Trinajstić information content (AvgIpc) is 3.43. The number of para-hydroxylation sites is 2. The number of hydrogen-bond acceptors (Lipinski definition) is 5. The lowest BCUT2D eigenvalue weighted by Crippen LogP contribution is -2.35. The Hall–Kier alpha value is -3.03. The fraction of sp³-hybridized carbons (Fsp3) is 0.360. The molecule has 2 heterocycles. The van der Waals surface area contributed by atoms with Gasteiger partial charge >= 0.3 is 0 Å². The summed E-state index contributed by atoms with van der Waals surface area (Å²) in [6, 6.07) is 14.8. The zero-order valence-electron chi connectivity index (χ0n) is 19.1. The number of benzene rings is 2. The second-order valence-electron chi connectivity index (χ2n) is 8.04. The molecule has 0 bridgehead atoms. The molecular weight excluding hydrogens is 442 g/mol. The van der Waals surface area contributed by atoms with Crippen molar-refractivity contribution < 1.29 is 19.0 Å². The predicted molar refractivity (Wildman–Crippen MR) is 126 cm³/mol. The van der Waals surface area contributed by atoms with Gasteiger partial charge in [0.2, 0.25) is 11.8 Å². The van der Waals surface area contributed by atoms with E-state index in [-0.39, 0.29) is 12.0 Å². The lowest BCUT2D eigenvalue weighted by molar-refractivity contribution is -0.131. The molecule has 0 aliphatic carbocycles. The van der Waals surface area contributed by atoms with Gasteiger partial charge in [-0.1, -0.05) is 23.7 Å². The Labute approximate surface area is 198 Å². The number of rotatable bonds is 8. The van der Waals surface area contributed by atoms with Crippen molar-refractivity contribution in [3.8, 4) is 23.1 Å². The lowest BCUT2D eigenvalue weighted by Gasteiger charge is -2.24. The highest BCUT2D eigenvalue weighted by Gasteiger charge is 2.26. The third kappa shape index (κ3) is 5.31. The fourth-order valence-corrected chi connectivity index (χ4v) is 4.05. The second-order valence-corrected chi connectivity index (χ2v) is 8.48. The van der Waals surface area contributed by atoms with E-state index in [0.29, 0.717) is 35.5 Å².